The van der Waals surface area contributed by atoms with Crippen molar-refractivity contribution in [2.45, 2.75) is 13.1 Å². The number of aromatic nitrogens is 4. The van der Waals surface area contributed by atoms with Gasteiger partial charge in [0.25, 0.3) is 0 Å². The van der Waals surface area contributed by atoms with Crippen LogP contribution in [0.1, 0.15) is 11.1 Å². The first kappa shape index (κ1) is 15.3. The van der Waals surface area contributed by atoms with Gasteiger partial charge in [-0.05, 0) is 24.7 Å². The molecule has 0 atom stereocenters. The fraction of sp³-hybridized carbons (Fsp3) is 0.167. The Kier molecular flexibility index (Phi) is 3.91. The van der Waals surface area contributed by atoms with Crippen LogP contribution in [0.5, 0.6) is 0 Å². The first-order valence-electron chi connectivity index (χ1n) is 7.97. The summed E-state index contributed by atoms with van der Waals surface area (Å²) in [7, 11) is 2.06. The molecule has 0 aliphatic rings. The minimum atomic E-state index is 0.301. The molecule has 0 radical (unpaired) electrons. The fourth-order valence-electron chi connectivity index (χ4n) is 2.80. The number of nitrogens with zero attached hydrogens (tertiary/aromatic N) is 5. The van der Waals surface area contributed by atoms with E-state index in [1.807, 2.05) is 24.3 Å². The van der Waals surface area contributed by atoms with Gasteiger partial charge in [-0.25, -0.2) is 9.97 Å². The van der Waals surface area contributed by atoms with Crippen molar-refractivity contribution in [1.82, 2.24) is 24.5 Å². The fourth-order valence-corrected chi connectivity index (χ4v) is 2.80. The van der Waals surface area contributed by atoms with Gasteiger partial charge in [0, 0.05) is 24.8 Å². The Balaban J connectivity index is 1.64. The van der Waals surface area contributed by atoms with E-state index >= 15 is 0 Å². The molecule has 0 saturated heterocycles. The maximum Gasteiger partial charge on any atom is 0.223 e. The number of rotatable bonds is 5. The normalized spacial score (nSPS) is 11.4. The molecule has 1 aromatic carbocycles. The molecule has 0 bridgehead atoms. The Hall–Kier alpha value is -3.19. The predicted octanol–water partition coefficient (Wildman–Crippen LogP) is 2.60. The highest BCUT2D eigenvalue weighted by atomic mass is 16.3. The predicted molar refractivity (Wildman–Crippen MR) is 94.5 cm³/mol. The van der Waals surface area contributed by atoms with Gasteiger partial charge >= 0.3 is 0 Å². The van der Waals surface area contributed by atoms with E-state index in [2.05, 4.69) is 39.1 Å². The molecule has 25 heavy (non-hydrogen) atoms. The molecule has 126 valence electrons. The highest BCUT2D eigenvalue weighted by molar-refractivity contribution is 5.57. The first-order chi connectivity index (χ1) is 12.2. The first-order valence-corrected chi connectivity index (χ1v) is 7.97. The molecule has 3 aromatic heterocycles. The summed E-state index contributed by atoms with van der Waals surface area (Å²) < 4.78 is 6.94. The van der Waals surface area contributed by atoms with E-state index < -0.39 is 0 Å². The molecule has 4 aromatic rings. The van der Waals surface area contributed by atoms with E-state index in [1.165, 1.54) is 5.56 Å². The lowest BCUT2D eigenvalue weighted by atomic mass is 10.2. The minimum absolute atomic E-state index is 0.301. The molecule has 0 amide bonds. The van der Waals surface area contributed by atoms with Crippen molar-refractivity contribution in [1.29, 1.82) is 0 Å². The molecule has 0 aliphatic carbocycles. The second-order valence-corrected chi connectivity index (χ2v) is 5.95. The Bertz CT molecular complexity index is 978. The quantitative estimate of drug-likeness (QED) is 0.604. The molecular formula is C18H18N6O. The van der Waals surface area contributed by atoms with Crippen LogP contribution in [0.25, 0.3) is 17.2 Å². The van der Waals surface area contributed by atoms with Gasteiger partial charge < -0.3 is 10.2 Å². The van der Waals surface area contributed by atoms with E-state index in [0.717, 1.165) is 12.1 Å². The summed E-state index contributed by atoms with van der Waals surface area (Å²) in [5.41, 5.74) is 8.85. The second-order valence-electron chi connectivity index (χ2n) is 5.95. The molecule has 3 heterocycles. The summed E-state index contributed by atoms with van der Waals surface area (Å²) in [5, 5.41) is 4.41. The average molecular weight is 334 g/mol. The number of benzene rings is 1. The van der Waals surface area contributed by atoms with Crippen LogP contribution < -0.4 is 5.73 Å². The van der Waals surface area contributed by atoms with Crippen molar-refractivity contribution in [3.05, 3.63) is 66.1 Å². The largest absolute Gasteiger partial charge is 0.461 e. The summed E-state index contributed by atoms with van der Waals surface area (Å²) in [4.78, 5) is 11.0. The van der Waals surface area contributed by atoms with E-state index in [1.54, 1.807) is 23.0 Å². The third-order valence-corrected chi connectivity index (χ3v) is 3.94. The van der Waals surface area contributed by atoms with Crippen molar-refractivity contribution >= 4 is 11.6 Å². The van der Waals surface area contributed by atoms with E-state index in [9.17, 15) is 0 Å². The summed E-state index contributed by atoms with van der Waals surface area (Å²) in [5.74, 6) is 1.40. The Morgan fingerprint density at radius 1 is 1.12 bits per heavy atom. The lowest BCUT2D eigenvalue weighted by Crippen LogP contribution is -2.18. The zero-order valence-corrected chi connectivity index (χ0v) is 13.8. The molecule has 0 aliphatic heterocycles. The number of hydrogen-bond donors (Lipinski definition) is 1. The van der Waals surface area contributed by atoms with Crippen molar-refractivity contribution in [2.75, 3.05) is 12.8 Å². The molecule has 0 saturated carbocycles. The third kappa shape index (κ3) is 3.09. The van der Waals surface area contributed by atoms with Crippen LogP contribution in [-0.2, 0) is 13.1 Å². The van der Waals surface area contributed by atoms with Gasteiger partial charge in [-0.1, -0.05) is 30.3 Å². The summed E-state index contributed by atoms with van der Waals surface area (Å²) in [6.45, 7) is 1.51. The molecule has 4 rings (SSSR count). The molecule has 2 N–H and O–H groups in total. The number of furan rings is 1. The Morgan fingerprint density at radius 3 is 2.72 bits per heavy atom. The standard InChI is InChI=1S/C18H18N6O/c1-23(11-13-6-3-2-4-7-13)12-14-10-20-18(19)24-17(14)21-16(22-24)15-8-5-9-25-15/h2-10H,11-12H2,1H3,(H2,19,20). The zero-order chi connectivity index (χ0) is 17.2. The van der Waals surface area contributed by atoms with Gasteiger partial charge in [0.1, 0.15) is 0 Å². The van der Waals surface area contributed by atoms with Crippen molar-refractivity contribution < 1.29 is 4.42 Å². The molecule has 7 nitrogen and oxygen atoms in total. The van der Waals surface area contributed by atoms with Gasteiger partial charge in [0.15, 0.2) is 11.4 Å². The van der Waals surface area contributed by atoms with Gasteiger partial charge in [-0.2, -0.15) is 4.52 Å². The maximum absolute atomic E-state index is 5.95. The lowest BCUT2D eigenvalue weighted by molar-refractivity contribution is 0.319. The summed E-state index contributed by atoms with van der Waals surface area (Å²) in [6.07, 6.45) is 3.35. The topological polar surface area (TPSA) is 85.5 Å². The van der Waals surface area contributed by atoms with Crippen LogP contribution in [0, 0.1) is 0 Å². The van der Waals surface area contributed by atoms with Gasteiger partial charge in [-0.15, -0.1) is 5.10 Å². The van der Waals surface area contributed by atoms with Crippen molar-refractivity contribution in [3.8, 4) is 11.6 Å². The Labute approximate surface area is 144 Å². The van der Waals surface area contributed by atoms with E-state index in [0.29, 0.717) is 29.7 Å². The molecule has 0 fully saturated rings. The van der Waals surface area contributed by atoms with Crippen molar-refractivity contribution in [3.63, 3.8) is 0 Å². The maximum atomic E-state index is 5.95. The smallest absolute Gasteiger partial charge is 0.223 e. The molecule has 0 spiro atoms. The van der Waals surface area contributed by atoms with Crippen LogP contribution in [0.2, 0.25) is 0 Å². The van der Waals surface area contributed by atoms with Crippen LogP contribution >= 0.6 is 0 Å². The SMILES string of the molecule is CN(Cc1ccccc1)Cc1cnc(N)n2nc(-c3ccco3)nc12. The number of anilines is 1. The van der Waals surface area contributed by atoms with Crippen molar-refractivity contribution in [2.24, 2.45) is 0 Å². The molecule has 7 heteroatoms. The van der Waals surface area contributed by atoms with E-state index in [4.69, 9.17) is 10.2 Å². The van der Waals surface area contributed by atoms with Crippen LogP contribution in [0.4, 0.5) is 5.95 Å². The summed E-state index contributed by atoms with van der Waals surface area (Å²) >= 11 is 0. The average Bonchev–Trinajstić information content (AvgIpc) is 3.27. The Morgan fingerprint density at radius 2 is 1.96 bits per heavy atom. The number of nitrogen functional groups attached to an aromatic ring is 1. The van der Waals surface area contributed by atoms with Gasteiger partial charge in [0.05, 0.1) is 6.26 Å². The van der Waals surface area contributed by atoms with E-state index in [-0.39, 0.29) is 0 Å². The monoisotopic (exact) mass is 334 g/mol. The summed E-state index contributed by atoms with van der Waals surface area (Å²) in [6, 6.07) is 13.9. The minimum Gasteiger partial charge on any atom is -0.461 e. The number of fused-ring (bicyclic) bond motifs is 1. The number of hydrogen-bond acceptors (Lipinski definition) is 6. The van der Waals surface area contributed by atoms with Crippen LogP contribution in [0.3, 0.4) is 0 Å². The second kappa shape index (κ2) is 6.37. The van der Waals surface area contributed by atoms with Crippen LogP contribution in [0.15, 0.2) is 59.3 Å². The lowest BCUT2D eigenvalue weighted by Gasteiger charge is -2.17. The highest BCUT2D eigenvalue weighted by Crippen LogP contribution is 2.20. The molecular weight excluding hydrogens is 316 g/mol. The third-order valence-electron chi connectivity index (χ3n) is 3.94. The zero-order valence-electron chi connectivity index (χ0n) is 13.8. The van der Waals surface area contributed by atoms with Gasteiger partial charge in [-0.3, -0.25) is 4.90 Å². The highest BCUT2D eigenvalue weighted by Gasteiger charge is 2.15. The number of nitrogens with two attached hydrogens (primary N) is 1. The van der Waals surface area contributed by atoms with Gasteiger partial charge in [0.2, 0.25) is 11.8 Å². The molecule has 0 unspecified atom stereocenters. The van der Waals surface area contributed by atoms with Crippen LogP contribution in [-0.4, -0.2) is 31.5 Å².